The topological polar surface area (TPSA) is 73.6 Å². The minimum atomic E-state index is -0.0281. The first-order chi connectivity index (χ1) is 10.0. The molecule has 22 heavy (non-hydrogen) atoms. The largest absolute Gasteiger partial charge is 0.497 e. The fraction of sp³-hybridized carbons (Fsp3) is 0.562. The normalized spacial score (nSPS) is 11.5. The lowest BCUT2D eigenvalue weighted by Crippen LogP contribution is -2.41. The highest BCUT2D eigenvalue weighted by Crippen LogP contribution is 2.17. The molecule has 1 unspecified atom stereocenters. The van der Waals surface area contributed by atoms with E-state index < -0.39 is 0 Å². The number of ether oxygens (including phenoxy) is 2. The maximum absolute atomic E-state index is 11.8. The van der Waals surface area contributed by atoms with E-state index in [4.69, 9.17) is 15.2 Å². The van der Waals surface area contributed by atoms with Gasteiger partial charge in [0.05, 0.1) is 20.1 Å². The molecule has 0 fully saturated rings. The number of rotatable bonds is 9. The molecule has 0 aliphatic rings. The second-order valence-corrected chi connectivity index (χ2v) is 5.40. The molecular formula is C16H27ClN2O3. The van der Waals surface area contributed by atoms with E-state index in [0.29, 0.717) is 25.5 Å². The molecule has 5 nitrogen and oxygen atoms in total. The zero-order chi connectivity index (χ0) is 15.7. The van der Waals surface area contributed by atoms with Gasteiger partial charge in [0.15, 0.2) is 0 Å². The first-order valence-electron chi connectivity index (χ1n) is 7.31. The van der Waals surface area contributed by atoms with Crippen molar-refractivity contribution in [2.45, 2.75) is 32.7 Å². The Morgan fingerprint density at radius 3 is 2.32 bits per heavy atom. The van der Waals surface area contributed by atoms with Gasteiger partial charge < -0.3 is 20.5 Å². The SMILES string of the molecule is COc1ccc(OCCC(=O)NC(CN)CC(C)C)cc1.Cl. The van der Waals surface area contributed by atoms with Gasteiger partial charge in [-0.2, -0.15) is 0 Å². The Bertz CT molecular complexity index is 424. The molecule has 0 aromatic heterocycles. The molecule has 3 N–H and O–H groups in total. The van der Waals surface area contributed by atoms with E-state index in [0.717, 1.165) is 17.9 Å². The maximum atomic E-state index is 11.8. The van der Waals surface area contributed by atoms with Crippen LogP contribution in [-0.4, -0.2) is 32.2 Å². The van der Waals surface area contributed by atoms with Crippen LogP contribution in [0.5, 0.6) is 11.5 Å². The molecular weight excluding hydrogens is 304 g/mol. The number of nitrogens with one attached hydrogen (secondary N) is 1. The lowest BCUT2D eigenvalue weighted by molar-refractivity contribution is -0.122. The van der Waals surface area contributed by atoms with Crippen LogP contribution in [0.1, 0.15) is 26.7 Å². The molecule has 0 bridgehead atoms. The summed E-state index contributed by atoms with van der Waals surface area (Å²) in [6.45, 7) is 5.03. The third-order valence-corrected chi connectivity index (χ3v) is 3.06. The van der Waals surface area contributed by atoms with Crippen molar-refractivity contribution < 1.29 is 14.3 Å². The molecule has 126 valence electrons. The Hall–Kier alpha value is -1.46. The van der Waals surface area contributed by atoms with Crippen LogP contribution in [0.3, 0.4) is 0 Å². The highest BCUT2D eigenvalue weighted by molar-refractivity contribution is 5.85. The molecule has 0 aliphatic carbocycles. The van der Waals surface area contributed by atoms with E-state index in [1.54, 1.807) is 7.11 Å². The van der Waals surface area contributed by atoms with Gasteiger partial charge in [-0.05, 0) is 36.6 Å². The fourth-order valence-electron chi connectivity index (χ4n) is 2.02. The van der Waals surface area contributed by atoms with Gasteiger partial charge in [0, 0.05) is 12.6 Å². The van der Waals surface area contributed by atoms with Gasteiger partial charge >= 0.3 is 0 Å². The van der Waals surface area contributed by atoms with Crippen LogP contribution >= 0.6 is 12.4 Å². The number of amides is 1. The summed E-state index contributed by atoms with van der Waals surface area (Å²) in [6, 6.07) is 7.32. The molecule has 0 heterocycles. The Morgan fingerprint density at radius 2 is 1.82 bits per heavy atom. The number of methoxy groups -OCH3 is 1. The highest BCUT2D eigenvalue weighted by atomic mass is 35.5. The zero-order valence-corrected chi connectivity index (χ0v) is 14.3. The van der Waals surface area contributed by atoms with Crippen LogP contribution in [-0.2, 0) is 4.79 Å². The van der Waals surface area contributed by atoms with Crippen molar-refractivity contribution in [1.29, 1.82) is 0 Å². The van der Waals surface area contributed by atoms with Crippen molar-refractivity contribution >= 4 is 18.3 Å². The summed E-state index contributed by atoms with van der Waals surface area (Å²) in [5.74, 6) is 1.98. The van der Waals surface area contributed by atoms with Gasteiger partial charge in [-0.25, -0.2) is 0 Å². The van der Waals surface area contributed by atoms with Gasteiger partial charge in [-0.3, -0.25) is 4.79 Å². The van der Waals surface area contributed by atoms with E-state index in [9.17, 15) is 4.79 Å². The second-order valence-electron chi connectivity index (χ2n) is 5.40. The second kappa shape index (κ2) is 11.2. The molecule has 0 spiro atoms. The standard InChI is InChI=1S/C16H26N2O3.ClH/c1-12(2)10-13(11-17)18-16(19)8-9-21-15-6-4-14(20-3)5-7-15;/h4-7,12-13H,8-11,17H2,1-3H3,(H,18,19);1H. The van der Waals surface area contributed by atoms with Crippen LogP contribution in [0.2, 0.25) is 0 Å². The lowest BCUT2D eigenvalue weighted by Gasteiger charge is -2.18. The Labute approximate surface area is 139 Å². The zero-order valence-electron chi connectivity index (χ0n) is 13.5. The number of hydrogen-bond donors (Lipinski definition) is 2. The van der Waals surface area contributed by atoms with Crippen molar-refractivity contribution in [1.82, 2.24) is 5.32 Å². The molecule has 1 aromatic carbocycles. The summed E-state index contributed by atoms with van der Waals surface area (Å²) in [7, 11) is 1.62. The third-order valence-electron chi connectivity index (χ3n) is 3.06. The van der Waals surface area contributed by atoms with Crippen LogP contribution in [0.25, 0.3) is 0 Å². The summed E-state index contributed by atoms with van der Waals surface area (Å²) in [5, 5.41) is 2.94. The number of hydrogen-bond acceptors (Lipinski definition) is 4. The number of carbonyl (C=O) groups is 1. The molecule has 1 rings (SSSR count). The summed E-state index contributed by atoms with van der Waals surface area (Å²) in [4.78, 5) is 11.8. The smallest absolute Gasteiger partial charge is 0.223 e. The Balaban J connectivity index is 0.00000441. The predicted octanol–water partition coefficient (Wildman–Crippen LogP) is 2.38. The van der Waals surface area contributed by atoms with Crippen molar-refractivity contribution in [2.75, 3.05) is 20.3 Å². The lowest BCUT2D eigenvalue weighted by atomic mass is 10.0. The summed E-state index contributed by atoms with van der Waals surface area (Å²) in [6.07, 6.45) is 1.21. The molecule has 1 atom stereocenters. The molecule has 0 saturated carbocycles. The fourth-order valence-corrected chi connectivity index (χ4v) is 2.02. The first-order valence-corrected chi connectivity index (χ1v) is 7.31. The molecule has 0 radical (unpaired) electrons. The average Bonchev–Trinajstić information content (AvgIpc) is 2.46. The summed E-state index contributed by atoms with van der Waals surface area (Å²) < 4.78 is 10.6. The van der Waals surface area contributed by atoms with Gasteiger partial charge in [-0.1, -0.05) is 13.8 Å². The number of nitrogens with two attached hydrogens (primary N) is 1. The van der Waals surface area contributed by atoms with E-state index in [2.05, 4.69) is 19.2 Å². The Kier molecular flexibility index (Phi) is 10.4. The van der Waals surface area contributed by atoms with E-state index >= 15 is 0 Å². The molecule has 0 aliphatic heterocycles. The van der Waals surface area contributed by atoms with E-state index in [1.165, 1.54) is 0 Å². The van der Waals surface area contributed by atoms with Crippen LogP contribution < -0.4 is 20.5 Å². The van der Waals surface area contributed by atoms with Crippen LogP contribution in [0, 0.1) is 5.92 Å². The Morgan fingerprint density at radius 1 is 1.23 bits per heavy atom. The predicted molar refractivity (Wildman–Crippen MR) is 90.8 cm³/mol. The quantitative estimate of drug-likeness (QED) is 0.729. The van der Waals surface area contributed by atoms with Gasteiger partial charge in [-0.15, -0.1) is 12.4 Å². The van der Waals surface area contributed by atoms with E-state index in [-0.39, 0.29) is 24.4 Å². The average molecular weight is 331 g/mol. The highest BCUT2D eigenvalue weighted by Gasteiger charge is 2.12. The summed E-state index contributed by atoms with van der Waals surface area (Å²) >= 11 is 0. The monoisotopic (exact) mass is 330 g/mol. The van der Waals surface area contributed by atoms with Gasteiger partial charge in [0.2, 0.25) is 5.91 Å². The van der Waals surface area contributed by atoms with E-state index in [1.807, 2.05) is 24.3 Å². The molecule has 1 aromatic rings. The molecule has 6 heteroatoms. The minimum Gasteiger partial charge on any atom is -0.497 e. The van der Waals surface area contributed by atoms with Gasteiger partial charge in [0.1, 0.15) is 11.5 Å². The van der Waals surface area contributed by atoms with Crippen molar-refractivity contribution in [3.05, 3.63) is 24.3 Å². The minimum absolute atomic E-state index is 0. The van der Waals surface area contributed by atoms with Crippen LogP contribution in [0.15, 0.2) is 24.3 Å². The van der Waals surface area contributed by atoms with Crippen LogP contribution in [0.4, 0.5) is 0 Å². The number of carbonyl (C=O) groups excluding carboxylic acids is 1. The molecule has 0 saturated heterocycles. The van der Waals surface area contributed by atoms with Crippen molar-refractivity contribution in [2.24, 2.45) is 11.7 Å². The summed E-state index contributed by atoms with van der Waals surface area (Å²) in [5.41, 5.74) is 5.66. The number of halogens is 1. The first kappa shape index (κ1) is 20.5. The van der Waals surface area contributed by atoms with Crippen molar-refractivity contribution in [3.8, 4) is 11.5 Å². The molecule has 1 amide bonds. The maximum Gasteiger partial charge on any atom is 0.223 e. The van der Waals surface area contributed by atoms with Crippen molar-refractivity contribution in [3.63, 3.8) is 0 Å². The number of benzene rings is 1. The third kappa shape index (κ3) is 8.10. The van der Waals surface area contributed by atoms with Gasteiger partial charge in [0.25, 0.3) is 0 Å².